The van der Waals surface area contributed by atoms with Crippen LogP contribution in [0, 0.1) is 5.92 Å². The van der Waals surface area contributed by atoms with Gasteiger partial charge in [0.1, 0.15) is 0 Å². The SMILES string of the molecule is CC(C)CC[S@](=O)c1nc(N)n[nH]1. The van der Waals surface area contributed by atoms with E-state index in [0.29, 0.717) is 16.8 Å². The van der Waals surface area contributed by atoms with Crippen molar-refractivity contribution in [3.63, 3.8) is 0 Å². The Morgan fingerprint density at radius 1 is 1.62 bits per heavy atom. The minimum atomic E-state index is -1.09. The molecule has 5 nitrogen and oxygen atoms in total. The molecule has 0 aliphatic rings. The molecule has 0 saturated carbocycles. The van der Waals surface area contributed by atoms with Crippen LogP contribution in [-0.2, 0) is 10.8 Å². The van der Waals surface area contributed by atoms with E-state index in [2.05, 4.69) is 29.0 Å². The quantitative estimate of drug-likeness (QED) is 0.746. The van der Waals surface area contributed by atoms with Crippen LogP contribution >= 0.6 is 0 Å². The van der Waals surface area contributed by atoms with E-state index >= 15 is 0 Å². The fourth-order valence-corrected chi connectivity index (χ4v) is 2.02. The predicted molar refractivity (Wildman–Crippen MR) is 51.5 cm³/mol. The summed E-state index contributed by atoms with van der Waals surface area (Å²) in [5, 5.41) is 6.53. The van der Waals surface area contributed by atoms with Gasteiger partial charge in [-0.1, -0.05) is 13.8 Å². The van der Waals surface area contributed by atoms with Crippen molar-refractivity contribution in [1.82, 2.24) is 15.2 Å². The van der Waals surface area contributed by atoms with E-state index in [1.165, 1.54) is 0 Å². The van der Waals surface area contributed by atoms with Crippen LogP contribution in [0.5, 0.6) is 0 Å². The van der Waals surface area contributed by atoms with Crippen LogP contribution in [0.25, 0.3) is 0 Å². The van der Waals surface area contributed by atoms with Gasteiger partial charge in [-0.25, -0.2) is 0 Å². The van der Waals surface area contributed by atoms with Crippen molar-refractivity contribution in [2.24, 2.45) is 5.92 Å². The molecule has 3 N–H and O–H groups in total. The number of nitrogens with one attached hydrogen (secondary N) is 1. The van der Waals surface area contributed by atoms with Crippen LogP contribution in [0.15, 0.2) is 5.16 Å². The molecule has 1 aromatic rings. The zero-order valence-corrected chi connectivity index (χ0v) is 8.60. The highest BCUT2D eigenvalue weighted by Crippen LogP contribution is 2.06. The Bertz CT molecular complexity index is 296. The van der Waals surface area contributed by atoms with E-state index in [1.807, 2.05) is 0 Å². The van der Waals surface area contributed by atoms with E-state index in [9.17, 15) is 4.21 Å². The summed E-state index contributed by atoms with van der Waals surface area (Å²) in [5.41, 5.74) is 5.28. The molecule has 0 aliphatic heterocycles. The minimum absolute atomic E-state index is 0.146. The molecular formula is C7H14N4OS. The molecule has 0 amide bonds. The summed E-state index contributed by atoms with van der Waals surface area (Å²) in [5.74, 6) is 1.30. The molecule has 1 atom stereocenters. The maximum absolute atomic E-state index is 11.5. The van der Waals surface area contributed by atoms with Gasteiger partial charge < -0.3 is 5.73 Å². The Kier molecular flexibility index (Phi) is 3.41. The Labute approximate surface area is 79.6 Å². The summed E-state index contributed by atoms with van der Waals surface area (Å²) in [7, 11) is -1.09. The monoisotopic (exact) mass is 202 g/mol. The average molecular weight is 202 g/mol. The second kappa shape index (κ2) is 4.36. The first kappa shape index (κ1) is 10.2. The summed E-state index contributed by atoms with van der Waals surface area (Å²) < 4.78 is 11.5. The second-order valence-corrected chi connectivity index (χ2v) is 4.72. The number of aromatic amines is 1. The molecule has 0 unspecified atom stereocenters. The van der Waals surface area contributed by atoms with Gasteiger partial charge in [-0.15, -0.1) is 5.10 Å². The molecule has 0 radical (unpaired) electrons. The molecule has 74 valence electrons. The molecule has 1 rings (SSSR count). The highest BCUT2D eigenvalue weighted by Gasteiger charge is 2.09. The number of H-pyrrole nitrogens is 1. The highest BCUT2D eigenvalue weighted by atomic mass is 32.2. The summed E-state index contributed by atoms with van der Waals surface area (Å²) in [4.78, 5) is 3.80. The number of nitrogens with two attached hydrogens (primary N) is 1. The Balaban J connectivity index is 2.49. The highest BCUT2D eigenvalue weighted by molar-refractivity contribution is 7.84. The van der Waals surface area contributed by atoms with Crippen LogP contribution in [-0.4, -0.2) is 25.1 Å². The molecule has 13 heavy (non-hydrogen) atoms. The maximum Gasteiger partial charge on any atom is 0.240 e. The first-order chi connectivity index (χ1) is 6.09. The summed E-state index contributed by atoms with van der Waals surface area (Å²) in [6.45, 7) is 4.18. The molecule has 1 heterocycles. The normalized spacial score (nSPS) is 13.5. The van der Waals surface area contributed by atoms with Gasteiger partial charge in [-0.2, -0.15) is 4.98 Å². The molecular weight excluding hydrogens is 188 g/mol. The molecule has 0 saturated heterocycles. The lowest BCUT2D eigenvalue weighted by Crippen LogP contribution is -2.03. The van der Waals surface area contributed by atoms with Crippen LogP contribution in [0.3, 0.4) is 0 Å². The molecule has 0 fully saturated rings. The maximum atomic E-state index is 11.5. The standard InChI is InChI=1S/C7H14N4OS/c1-5(2)3-4-13(12)7-9-6(8)10-11-7/h5H,3-4H2,1-2H3,(H3,8,9,10,11)/t13-/m0/s1. The zero-order chi connectivity index (χ0) is 9.84. The Morgan fingerprint density at radius 2 is 2.31 bits per heavy atom. The summed E-state index contributed by atoms with van der Waals surface area (Å²) in [6, 6.07) is 0. The van der Waals surface area contributed by atoms with Crippen molar-refractivity contribution >= 4 is 16.7 Å². The molecule has 0 spiro atoms. The van der Waals surface area contributed by atoms with Crippen LogP contribution in [0.2, 0.25) is 0 Å². The number of aromatic nitrogens is 3. The van der Waals surface area contributed by atoms with Gasteiger partial charge in [0.15, 0.2) is 0 Å². The van der Waals surface area contributed by atoms with Gasteiger partial charge >= 0.3 is 0 Å². The summed E-state index contributed by atoms with van der Waals surface area (Å²) in [6.07, 6.45) is 0.910. The number of nitrogen functional groups attached to an aromatic ring is 1. The van der Waals surface area contributed by atoms with Crippen molar-refractivity contribution < 1.29 is 4.21 Å². The Hall–Kier alpha value is -0.910. The lowest BCUT2D eigenvalue weighted by atomic mass is 10.2. The smallest absolute Gasteiger partial charge is 0.240 e. The Morgan fingerprint density at radius 3 is 2.77 bits per heavy atom. The van der Waals surface area contributed by atoms with Crippen molar-refractivity contribution in [3.8, 4) is 0 Å². The average Bonchev–Trinajstić information content (AvgIpc) is 2.47. The van der Waals surface area contributed by atoms with Gasteiger partial charge in [-0.05, 0) is 12.3 Å². The molecule has 0 aromatic carbocycles. The number of hydrogen-bond donors (Lipinski definition) is 2. The van der Waals surface area contributed by atoms with Crippen molar-refractivity contribution in [1.29, 1.82) is 0 Å². The molecule has 0 bridgehead atoms. The lowest BCUT2D eigenvalue weighted by molar-refractivity contribution is 0.617. The van der Waals surface area contributed by atoms with Crippen molar-refractivity contribution in [2.45, 2.75) is 25.4 Å². The first-order valence-electron chi connectivity index (χ1n) is 4.16. The number of hydrogen-bond acceptors (Lipinski definition) is 4. The molecule has 6 heteroatoms. The van der Waals surface area contributed by atoms with E-state index in [4.69, 9.17) is 5.73 Å². The minimum Gasteiger partial charge on any atom is -0.366 e. The van der Waals surface area contributed by atoms with Crippen LogP contribution in [0.1, 0.15) is 20.3 Å². The van der Waals surface area contributed by atoms with Crippen molar-refractivity contribution in [2.75, 3.05) is 11.5 Å². The lowest BCUT2D eigenvalue weighted by Gasteiger charge is -2.01. The van der Waals surface area contributed by atoms with Crippen LogP contribution in [0.4, 0.5) is 5.95 Å². The van der Waals surface area contributed by atoms with Gasteiger partial charge in [0, 0.05) is 5.75 Å². The van der Waals surface area contributed by atoms with E-state index in [1.54, 1.807) is 0 Å². The summed E-state index contributed by atoms with van der Waals surface area (Å²) >= 11 is 0. The van der Waals surface area contributed by atoms with Crippen LogP contribution < -0.4 is 5.73 Å². The van der Waals surface area contributed by atoms with E-state index in [0.717, 1.165) is 6.42 Å². The van der Waals surface area contributed by atoms with Gasteiger partial charge in [0.25, 0.3) is 0 Å². The van der Waals surface area contributed by atoms with E-state index in [-0.39, 0.29) is 5.95 Å². The molecule has 0 aliphatic carbocycles. The third-order valence-corrected chi connectivity index (χ3v) is 2.80. The first-order valence-corrected chi connectivity index (χ1v) is 5.47. The predicted octanol–water partition coefficient (Wildman–Crippen LogP) is 0.541. The largest absolute Gasteiger partial charge is 0.366 e. The topological polar surface area (TPSA) is 84.7 Å². The van der Waals surface area contributed by atoms with Crippen molar-refractivity contribution in [3.05, 3.63) is 0 Å². The molecule has 1 aromatic heterocycles. The number of anilines is 1. The second-order valence-electron chi connectivity index (χ2n) is 3.23. The van der Waals surface area contributed by atoms with Gasteiger partial charge in [0.05, 0.1) is 10.8 Å². The van der Waals surface area contributed by atoms with E-state index < -0.39 is 10.8 Å². The fraction of sp³-hybridized carbons (Fsp3) is 0.714. The zero-order valence-electron chi connectivity index (χ0n) is 7.78. The van der Waals surface area contributed by atoms with Gasteiger partial charge in [-0.3, -0.25) is 9.31 Å². The third kappa shape index (κ3) is 3.14. The number of nitrogens with zero attached hydrogens (tertiary/aromatic N) is 2. The third-order valence-electron chi connectivity index (χ3n) is 1.58. The van der Waals surface area contributed by atoms with Gasteiger partial charge in [0.2, 0.25) is 11.1 Å². The fourth-order valence-electron chi connectivity index (χ4n) is 0.800. The number of rotatable bonds is 4.